The Hall–Kier alpha value is -2.33. The zero-order chi connectivity index (χ0) is 23.3. The number of rotatable bonds is 7. The first kappa shape index (κ1) is 23.4. The number of fused-ring (bicyclic) bond motifs is 1. The topological polar surface area (TPSA) is 92.8 Å². The third kappa shape index (κ3) is 5.17. The van der Waals surface area contributed by atoms with Crippen molar-refractivity contribution < 1.29 is 19.1 Å². The van der Waals surface area contributed by atoms with E-state index in [2.05, 4.69) is 20.5 Å². The van der Waals surface area contributed by atoms with Crippen LogP contribution in [-0.2, 0) is 22.3 Å². The second kappa shape index (κ2) is 10.9. The number of amides is 2. The molecule has 0 radical (unpaired) electrons. The third-order valence-corrected chi connectivity index (χ3v) is 8.25. The van der Waals surface area contributed by atoms with Gasteiger partial charge in [0, 0.05) is 55.5 Å². The minimum Gasteiger partial charge on any atom is -0.381 e. The number of morpholine rings is 1. The Morgan fingerprint density at radius 3 is 2.76 bits per heavy atom. The number of aryl methyl sites for hydroxylation is 1. The second-order valence-electron chi connectivity index (χ2n) is 9.16. The molecule has 5 rings (SSSR count). The molecule has 2 N–H and O–H groups in total. The molecule has 0 spiro atoms. The van der Waals surface area contributed by atoms with E-state index in [0.29, 0.717) is 28.6 Å². The minimum absolute atomic E-state index is 0.0990. The number of hydrogen-bond acceptors (Lipinski definition) is 7. The van der Waals surface area contributed by atoms with Crippen molar-refractivity contribution in [2.45, 2.75) is 38.1 Å². The van der Waals surface area contributed by atoms with E-state index in [4.69, 9.17) is 9.47 Å². The molecule has 0 aromatic carbocycles. The van der Waals surface area contributed by atoms with E-state index in [1.807, 2.05) is 0 Å². The van der Waals surface area contributed by atoms with Gasteiger partial charge in [-0.1, -0.05) is 0 Å². The van der Waals surface area contributed by atoms with Crippen LogP contribution in [0.15, 0.2) is 24.5 Å². The van der Waals surface area contributed by atoms with Gasteiger partial charge in [-0.05, 0) is 49.8 Å². The number of carbonyl (C=O) groups excluding carboxylic acids is 2. The van der Waals surface area contributed by atoms with Gasteiger partial charge < -0.3 is 20.1 Å². The fourth-order valence-corrected chi connectivity index (χ4v) is 6.49. The highest BCUT2D eigenvalue weighted by molar-refractivity contribution is 7.17. The molecule has 2 fully saturated rings. The Balaban J connectivity index is 1.34. The van der Waals surface area contributed by atoms with Crippen molar-refractivity contribution in [3.63, 3.8) is 0 Å². The molecule has 2 unspecified atom stereocenters. The van der Waals surface area contributed by atoms with Gasteiger partial charge in [0.25, 0.3) is 11.8 Å². The van der Waals surface area contributed by atoms with Crippen LogP contribution in [-0.4, -0.2) is 73.8 Å². The summed E-state index contributed by atoms with van der Waals surface area (Å²) in [7, 11) is 0. The van der Waals surface area contributed by atoms with Gasteiger partial charge in [-0.25, -0.2) is 0 Å². The number of hydrogen-bond donors (Lipinski definition) is 2. The predicted molar refractivity (Wildman–Crippen MR) is 131 cm³/mol. The number of ether oxygens (including phenoxy) is 2. The standard InChI is InChI=1S/C25H32N4O4S/c30-23(17-4-3-8-26-14-17)28-25-22(19-5-1-2-6-21(19)34-25)24(31)27-15-20(18-7-11-33-16-18)29-9-12-32-13-10-29/h3-4,8,14,18,20H,1-2,5-7,9-13,15-16H2,(H,27,31)(H,28,30). The molecule has 2 aliphatic heterocycles. The van der Waals surface area contributed by atoms with Crippen molar-refractivity contribution in [2.24, 2.45) is 5.92 Å². The van der Waals surface area contributed by atoms with Crippen LogP contribution in [0.5, 0.6) is 0 Å². The third-order valence-electron chi connectivity index (χ3n) is 7.04. The van der Waals surface area contributed by atoms with Crippen LogP contribution in [0.2, 0.25) is 0 Å². The Bertz CT molecular complexity index is 1000. The molecular formula is C25H32N4O4S. The molecule has 2 atom stereocenters. The molecule has 4 heterocycles. The fourth-order valence-electron chi connectivity index (χ4n) is 5.21. The van der Waals surface area contributed by atoms with Crippen molar-refractivity contribution in [1.82, 2.24) is 15.2 Å². The van der Waals surface area contributed by atoms with Gasteiger partial charge in [-0.15, -0.1) is 11.3 Å². The summed E-state index contributed by atoms with van der Waals surface area (Å²) < 4.78 is 11.2. The lowest BCUT2D eigenvalue weighted by molar-refractivity contribution is 0.00166. The molecule has 0 bridgehead atoms. The van der Waals surface area contributed by atoms with Gasteiger partial charge in [0.1, 0.15) is 5.00 Å². The monoisotopic (exact) mass is 484 g/mol. The molecule has 34 heavy (non-hydrogen) atoms. The summed E-state index contributed by atoms with van der Waals surface area (Å²) in [6.07, 6.45) is 8.21. The van der Waals surface area contributed by atoms with Gasteiger partial charge >= 0.3 is 0 Å². The van der Waals surface area contributed by atoms with Gasteiger partial charge in [0.2, 0.25) is 0 Å². The van der Waals surface area contributed by atoms with Crippen LogP contribution >= 0.6 is 11.3 Å². The highest BCUT2D eigenvalue weighted by atomic mass is 32.1. The first-order valence-electron chi connectivity index (χ1n) is 12.2. The first-order chi connectivity index (χ1) is 16.7. The van der Waals surface area contributed by atoms with Gasteiger partial charge in [0.05, 0.1) is 30.9 Å². The van der Waals surface area contributed by atoms with Crippen LogP contribution in [0, 0.1) is 5.92 Å². The highest BCUT2D eigenvalue weighted by Gasteiger charge is 2.33. The van der Waals surface area contributed by atoms with Gasteiger partial charge in [0.15, 0.2) is 0 Å². The van der Waals surface area contributed by atoms with Crippen molar-refractivity contribution in [3.8, 4) is 0 Å². The number of aromatic nitrogens is 1. The number of thiophene rings is 1. The van der Waals surface area contributed by atoms with E-state index < -0.39 is 0 Å². The number of pyridine rings is 1. The molecule has 2 saturated heterocycles. The summed E-state index contributed by atoms with van der Waals surface area (Å²) in [5.74, 6) is 0.0626. The summed E-state index contributed by atoms with van der Waals surface area (Å²) in [6.45, 7) is 5.27. The number of nitrogens with one attached hydrogen (secondary N) is 2. The normalized spacial score (nSPS) is 21.6. The molecule has 1 aliphatic carbocycles. The number of anilines is 1. The predicted octanol–water partition coefficient (Wildman–Crippen LogP) is 2.74. The molecule has 9 heteroatoms. The van der Waals surface area contributed by atoms with E-state index in [9.17, 15) is 9.59 Å². The van der Waals surface area contributed by atoms with Crippen LogP contribution in [0.1, 0.15) is 50.4 Å². The highest BCUT2D eigenvalue weighted by Crippen LogP contribution is 2.38. The molecule has 2 aromatic heterocycles. The Morgan fingerprint density at radius 1 is 1.15 bits per heavy atom. The van der Waals surface area contributed by atoms with Gasteiger partial charge in [-0.2, -0.15) is 0 Å². The molecule has 2 amide bonds. The summed E-state index contributed by atoms with van der Waals surface area (Å²) in [6, 6.07) is 3.69. The number of nitrogens with zero attached hydrogens (tertiary/aromatic N) is 2. The molecule has 2 aromatic rings. The lowest BCUT2D eigenvalue weighted by atomic mass is 9.94. The summed E-state index contributed by atoms with van der Waals surface area (Å²) in [4.78, 5) is 34.1. The largest absolute Gasteiger partial charge is 0.381 e. The van der Waals surface area contributed by atoms with E-state index in [-0.39, 0.29) is 17.9 Å². The van der Waals surface area contributed by atoms with Crippen LogP contribution in [0.25, 0.3) is 0 Å². The Morgan fingerprint density at radius 2 is 2.00 bits per heavy atom. The summed E-state index contributed by atoms with van der Waals surface area (Å²) in [5.41, 5.74) is 2.22. The van der Waals surface area contributed by atoms with Crippen molar-refractivity contribution >= 4 is 28.2 Å². The Kier molecular flexibility index (Phi) is 7.54. The summed E-state index contributed by atoms with van der Waals surface area (Å²) in [5, 5.41) is 6.88. The average molecular weight is 485 g/mol. The van der Waals surface area contributed by atoms with E-state index in [0.717, 1.165) is 77.2 Å². The zero-order valence-electron chi connectivity index (χ0n) is 19.4. The fraction of sp³-hybridized carbons (Fsp3) is 0.560. The van der Waals surface area contributed by atoms with Crippen LogP contribution < -0.4 is 10.6 Å². The average Bonchev–Trinajstić information content (AvgIpc) is 3.53. The summed E-state index contributed by atoms with van der Waals surface area (Å²) >= 11 is 1.54. The lowest BCUT2D eigenvalue weighted by Crippen LogP contribution is -2.52. The quantitative estimate of drug-likeness (QED) is 0.628. The van der Waals surface area contributed by atoms with Crippen LogP contribution in [0.4, 0.5) is 5.00 Å². The van der Waals surface area contributed by atoms with Crippen molar-refractivity contribution in [3.05, 3.63) is 46.1 Å². The second-order valence-corrected chi connectivity index (χ2v) is 10.3. The minimum atomic E-state index is -0.241. The maximum Gasteiger partial charge on any atom is 0.257 e. The van der Waals surface area contributed by atoms with Crippen molar-refractivity contribution in [2.75, 3.05) is 51.4 Å². The van der Waals surface area contributed by atoms with E-state index in [1.54, 1.807) is 35.9 Å². The Labute approximate surface area is 204 Å². The number of carbonyl (C=O) groups is 2. The van der Waals surface area contributed by atoms with E-state index in [1.165, 1.54) is 4.88 Å². The van der Waals surface area contributed by atoms with Crippen LogP contribution in [0.3, 0.4) is 0 Å². The van der Waals surface area contributed by atoms with E-state index >= 15 is 0 Å². The smallest absolute Gasteiger partial charge is 0.257 e. The molecule has 8 nitrogen and oxygen atoms in total. The lowest BCUT2D eigenvalue weighted by Gasteiger charge is -2.37. The SMILES string of the molecule is O=C(Nc1sc2c(c1C(=O)NCC(C1CCOC1)N1CCOCC1)CCCC2)c1cccnc1. The molecule has 0 saturated carbocycles. The molecule has 182 valence electrons. The maximum atomic E-state index is 13.6. The van der Waals surface area contributed by atoms with Gasteiger partial charge in [-0.3, -0.25) is 19.5 Å². The zero-order valence-corrected chi connectivity index (χ0v) is 20.2. The first-order valence-corrected chi connectivity index (χ1v) is 13.1. The maximum absolute atomic E-state index is 13.6. The molecular weight excluding hydrogens is 452 g/mol. The molecule has 3 aliphatic rings. The van der Waals surface area contributed by atoms with Crippen molar-refractivity contribution in [1.29, 1.82) is 0 Å².